The normalized spacial score (nSPS) is 19.6. The van der Waals surface area contributed by atoms with E-state index in [0.717, 1.165) is 18.4 Å². The van der Waals surface area contributed by atoms with E-state index in [1.54, 1.807) is 24.4 Å². The van der Waals surface area contributed by atoms with Gasteiger partial charge in [0.1, 0.15) is 11.9 Å². The van der Waals surface area contributed by atoms with E-state index in [4.69, 9.17) is 9.47 Å². The van der Waals surface area contributed by atoms with Crippen LogP contribution in [0.2, 0.25) is 0 Å². The first-order valence-electron chi connectivity index (χ1n) is 12.8. The zero-order valence-corrected chi connectivity index (χ0v) is 22.0. The van der Waals surface area contributed by atoms with Gasteiger partial charge in [-0.15, -0.1) is 0 Å². The monoisotopic (exact) mass is 516 g/mol. The van der Waals surface area contributed by atoms with E-state index in [1.807, 2.05) is 51.1 Å². The molecule has 0 saturated heterocycles. The Hall–Kier alpha value is -4.07. The molecule has 38 heavy (non-hydrogen) atoms. The number of H-pyrrole nitrogens is 1. The maximum absolute atomic E-state index is 15.0. The van der Waals surface area contributed by atoms with Crippen LogP contribution >= 0.6 is 0 Å². The first-order chi connectivity index (χ1) is 18.3. The molecule has 0 spiro atoms. The highest BCUT2D eigenvalue weighted by atomic mass is 19.1. The number of aromatic amines is 1. The van der Waals surface area contributed by atoms with Crippen LogP contribution in [0, 0.1) is 11.2 Å². The molecule has 198 valence electrons. The van der Waals surface area contributed by atoms with Gasteiger partial charge in [0.25, 0.3) is 0 Å². The summed E-state index contributed by atoms with van der Waals surface area (Å²) in [6.45, 7) is 10.0. The van der Waals surface area contributed by atoms with Crippen LogP contribution in [0.15, 0.2) is 67.4 Å². The third-order valence-electron chi connectivity index (χ3n) is 6.76. The molecule has 0 bridgehead atoms. The molecule has 0 amide bonds. The smallest absolute Gasteiger partial charge is 0.311 e. The highest BCUT2D eigenvalue weighted by Gasteiger charge is 2.39. The number of benzene rings is 1. The molecule has 1 aliphatic rings. The number of hydrogen-bond donors (Lipinski definition) is 1. The predicted octanol–water partition coefficient (Wildman–Crippen LogP) is 6.71. The Morgan fingerprint density at radius 1 is 1.21 bits per heavy atom. The topological polar surface area (TPSA) is 90.0 Å². The van der Waals surface area contributed by atoms with Crippen LogP contribution in [-0.2, 0) is 9.53 Å². The van der Waals surface area contributed by atoms with E-state index in [2.05, 4.69) is 26.7 Å². The molecule has 0 aliphatic heterocycles. The van der Waals surface area contributed by atoms with Gasteiger partial charge in [0, 0.05) is 23.4 Å². The van der Waals surface area contributed by atoms with Crippen LogP contribution in [0.4, 0.5) is 4.39 Å². The molecule has 1 aromatic carbocycles. The lowest BCUT2D eigenvalue weighted by molar-refractivity contribution is -0.157. The van der Waals surface area contributed by atoms with Gasteiger partial charge in [-0.1, -0.05) is 36.9 Å². The minimum absolute atomic E-state index is 0.00550. The second kappa shape index (κ2) is 12.0. The lowest BCUT2D eigenvalue weighted by Crippen LogP contribution is -2.37. The van der Waals surface area contributed by atoms with Gasteiger partial charge in [-0.2, -0.15) is 5.10 Å². The van der Waals surface area contributed by atoms with Crippen molar-refractivity contribution >= 4 is 11.5 Å². The Morgan fingerprint density at radius 2 is 1.97 bits per heavy atom. The number of esters is 1. The Labute approximate surface area is 222 Å². The zero-order valence-electron chi connectivity index (χ0n) is 22.0. The van der Waals surface area contributed by atoms with Gasteiger partial charge in [0.2, 0.25) is 5.88 Å². The van der Waals surface area contributed by atoms with Crippen molar-refractivity contribution in [3.05, 3.63) is 79.1 Å². The molecule has 2 aromatic heterocycles. The molecule has 4 rings (SSSR count). The van der Waals surface area contributed by atoms with Crippen molar-refractivity contribution in [2.75, 3.05) is 6.61 Å². The van der Waals surface area contributed by atoms with Crippen molar-refractivity contribution in [3.63, 3.8) is 0 Å². The molecule has 1 aliphatic carbocycles. The number of carbonyl (C=O) groups is 1. The highest BCUT2D eigenvalue weighted by Crippen LogP contribution is 2.38. The minimum Gasteiger partial charge on any atom is -0.474 e. The van der Waals surface area contributed by atoms with E-state index in [1.165, 1.54) is 6.07 Å². The maximum atomic E-state index is 15.0. The number of nitrogens with one attached hydrogen (secondary N) is 1. The minimum atomic E-state index is -0.450. The molecular formula is C30H33FN4O3. The lowest BCUT2D eigenvalue weighted by Gasteiger charge is -2.35. The summed E-state index contributed by atoms with van der Waals surface area (Å²) in [5.41, 5.74) is 1.94. The molecule has 3 aromatic rings. The number of ether oxygens (including phenoxy) is 2. The molecule has 7 nitrogen and oxygen atoms in total. The van der Waals surface area contributed by atoms with Crippen molar-refractivity contribution in [1.82, 2.24) is 20.2 Å². The van der Waals surface area contributed by atoms with E-state index >= 15 is 4.39 Å². The van der Waals surface area contributed by atoms with Gasteiger partial charge in [-0.3, -0.25) is 9.89 Å². The van der Waals surface area contributed by atoms with Gasteiger partial charge < -0.3 is 9.47 Å². The van der Waals surface area contributed by atoms with Crippen molar-refractivity contribution in [2.45, 2.75) is 52.6 Å². The first kappa shape index (κ1) is 27.0. The highest BCUT2D eigenvalue weighted by molar-refractivity contribution is 5.76. The number of halogens is 1. The molecule has 0 radical (unpaired) electrons. The Morgan fingerprint density at radius 3 is 2.63 bits per heavy atom. The van der Waals surface area contributed by atoms with Crippen molar-refractivity contribution in [1.29, 1.82) is 0 Å². The fraction of sp³-hybridized carbons (Fsp3) is 0.333. The second-order valence-electron chi connectivity index (χ2n) is 9.60. The van der Waals surface area contributed by atoms with Gasteiger partial charge in [0.05, 0.1) is 17.6 Å². The number of allylic oxidation sites excluding steroid dienone is 5. The number of hydrogen-bond acceptors (Lipinski definition) is 6. The summed E-state index contributed by atoms with van der Waals surface area (Å²) in [6, 6.07) is 8.58. The molecule has 0 unspecified atom stereocenters. The van der Waals surface area contributed by atoms with Crippen LogP contribution in [0.25, 0.3) is 28.1 Å². The summed E-state index contributed by atoms with van der Waals surface area (Å²) in [5.74, 6) is 0.692. The average molecular weight is 517 g/mol. The summed E-state index contributed by atoms with van der Waals surface area (Å²) >= 11 is 0. The van der Waals surface area contributed by atoms with E-state index in [-0.39, 0.29) is 12.1 Å². The molecule has 1 saturated carbocycles. The summed E-state index contributed by atoms with van der Waals surface area (Å²) in [6.07, 6.45) is 12.0. The second-order valence-corrected chi connectivity index (χ2v) is 9.60. The van der Waals surface area contributed by atoms with Crippen molar-refractivity contribution < 1.29 is 18.7 Å². The standard InChI is InChI=1S/C30H33FN4O3/c1-5-7-8-9-20(3)27-33-28(35-34-27)24-12-10-21(18-25(24)31)22-11-13-26(32-19-22)38-23-14-16-30(4,17-15-23)29(36)37-6-2/h5,7-13,18-19,23H,3,6,14-17H2,1-2,4H3,(H,33,34,35). The van der Waals surface area contributed by atoms with Crippen LogP contribution in [0.3, 0.4) is 0 Å². The quantitative estimate of drug-likeness (QED) is 0.251. The summed E-state index contributed by atoms with van der Waals surface area (Å²) in [4.78, 5) is 21.0. The maximum Gasteiger partial charge on any atom is 0.311 e. The number of nitrogens with zero attached hydrogens (tertiary/aromatic N) is 3. The lowest BCUT2D eigenvalue weighted by atomic mass is 9.75. The predicted molar refractivity (Wildman–Crippen MR) is 146 cm³/mol. The van der Waals surface area contributed by atoms with Gasteiger partial charge in [0.15, 0.2) is 11.6 Å². The number of pyridine rings is 1. The number of aromatic nitrogens is 4. The summed E-state index contributed by atoms with van der Waals surface area (Å²) in [5, 5.41) is 6.94. The number of rotatable bonds is 9. The molecular weight excluding hydrogens is 483 g/mol. The fourth-order valence-electron chi connectivity index (χ4n) is 4.42. The Balaban J connectivity index is 1.38. The van der Waals surface area contributed by atoms with Crippen LogP contribution in [0.5, 0.6) is 5.88 Å². The largest absolute Gasteiger partial charge is 0.474 e. The van der Waals surface area contributed by atoms with Crippen LogP contribution in [0.1, 0.15) is 52.3 Å². The van der Waals surface area contributed by atoms with Gasteiger partial charge in [-0.25, -0.2) is 14.4 Å². The van der Waals surface area contributed by atoms with E-state index in [9.17, 15) is 4.79 Å². The zero-order chi connectivity index (χ0) is 27.1. The molecule has 2 heterocycles. The van der Waals surface area contributed by atoms with Crippen LogP contribution in [-0.4, -0.2) is 38.8 Å². The van der Waals surface area contributed by atoms with Crippen LogP contribution < -0.4 is 4.74 Å². The van der Waals surface area contributed by atoms with E-state index in [0.29, 0.717) is 53.7 Å². The van der Waals surface area contributed by atoms with Crippen molar-refractivity contribution in [2.24, 2.45) is 5.41 Å². The fourth-order valence-corrected chi connectivity index (χ4v) is 4.42. The Bertz CT molecular complexity index is 1340. The van der Waals surface area contributed by atoms with Gasteiger partial charge >= 0.3 is 5.97 Å². The molecule has 1 N–H and O–H groups in total. The molecule has 8 heteroatoms. The third kappa shape index (κ3) is 6.25. The summed E-state index contributed by atoms with van der Waals surface area (Å²) in [7, 11) is 0. The SMILES string of the molecule is C=C(C=CC=CC)c1n[nH]c(-c2ccc(-c3ccc(OC4CCC(C)(C(=O)OCC)CC4)nc3)cc2F)n1. The molecule has 1 fully saturated rings. The number of carbonyl (C=O) groups excluding carboxylic acids is 1. The Kier molecular flexibility index (Phi) is 8.51. The van der Waals surface area contributed by atoms with Crippen molar-refractivity contribution in [3.8, 4) is 28.4 Å². The molecule has 0 atom stereocenters. The van der Waals surface area contributed by atoms with E-state index < -0.39 is 11.2 Å². The first-order valence-corrected chi connectivity index (χ1v) is 12.8. The third-order valence-corrected chi connectivity index (χ3v) is 6.76. The summed E-state index contributed by atoms with van der Waals surface area (Å²) < 4.78 is 26.3. The van der Waals surface area contributed by atoms with Gasteiger partial charge in [-0.05, 0) is 70.2 Å². The average Bonchev–Trinajstić information content (AvgIpc) is 3.41.